The number of hydrogen-bond acceptors (Lipinski definition) is 3. The molecule has 0 aromatic heterocycles. The van der Waals surface area contributed by atoms with E-state index >= 15 is 0 Å². The third-order valence-electron chi connectivity index (χ3n) is 5.61. The SMILES string of the molecule is Cc1ccc(C[C@H](NC(=O)OCC2c3ccccc3-c3ccccc32)C(=O)O)cc1Cl. The molecule has 0 radical (unpaired) electrons. The van der Waals surface area contributed by atoms with Crippen molar-refractivity contribution >= 4 is 23.7 Å². The number of nitrogens with one attached hydrogen (secondary N) is 1. The molecule has 5 nitrogen and oxygen atoms in total. The lowest BCUT2D eigenvalue weighted by atomic mass is 9.98. The zero-order valence-electron chi connectivity index (χ0n) is 17.0. The molecule has 0 saturated carbocycles. The minimum atomic E-state index is -1.13. The number of halogens is 1. The highest BCUT2D eigenvalue weighted by molar-refractivity contribution is 6.31. The van der Waals surface area contributed by atoms with Gasteiger partial charge in [-0.3, -0.25) is 0 Å². The van der Waals surface area contributed by atoms with Crippen LogP contribution in [0.4, 0.5) is 4.79 Å². The van der Waals surface area contributed by atoms with Gasteiger partial charge in [0, 0.05) is 17.4 Å². The Morgan fingerprint density at radius 2 is 1.65 bits per heavy atom. The Morgan fingerprint density at radius 3 is 2.23 bits per heavy atom. The first-order valence-corrected chi connectivity index (χ1v) is 10.4. The Bertz CT molecular complexity index is 1100. The van der Waals surface area contributed by atoms with Crippen molar-refractivity contribution < 1.29 is 19.4 Å². The molecule has 3 aromatic rings. The molecule has 6 heteroatoms. The number of rotatable bonds is 6. The van der Waals surface area contributed by atoms with Gasteiger partial charge in [-0.25, -0.2) is 9.59 Å². The van der Waals surface area contributed by atoms with Gasteiger partial charge in [-0.15, -0.1) is 0 Å². The normalized spacial score (nSPS) is 13.2. The molecular formula is C25H22ClNO4. The molecule has 0 saturated heterocycles. The number of aliphatic carboxylic acids is 1. The van der Waals surface area contributed by atoms with E-state index in [-0.39, 0.29) is 18.9 Å². The average molecular weight is 436 g/mol. The molecule has 158 valence electrons. The molecular weight excluding hydrogens is 414 g/mol. The number of carboxylic acid groups (broad SMARTS) is 1. The third-order valence-corrected chi connectivity index (χ3v) is 6.02. The van der Waals surface area contributed by atoms with E-state index in [4.69, 9.17) is 16.3 Å². The molecule has 1 atom stereocenters. The minimum Gasteiger partial charge on any atom is -0.480 e. The molecule has 0 spiro atoms. The van der Waals surface area contributed by atoms with E-state index in [1.807, 2.05) is 49.4 Å². The number of hydrogen-bond donors (Lipinski definition) is 2. The number of carbonyl (C=O) groups is 2. The Balaban J connectivity index is 1.43. The van der Waals surface area contributed by atoms with Crippen molar-refractivity contribution in [3.63, 3.8) is 0 Å². The van der Waals surface area contributed by atoms with Gasteiger partial charge in [-0.05, 0) is 46.4 Å². The number of aryl methyl sites for hydroxylation is 1. The molecule has 0 heterocycles. The maximum Gasteiger partial charge on any atom is 0.407 e. The van der Waals surface area contributed by atoms with Crippen LogP contribution in [0, 0.1) is 6.92 Å². The van der Waals surface area contributed by atoms with Crippen molar-refractivity contribution in [1.82, 2.24) is 5.32 Å². The largest absolute Gasteiger partial charge is 0.480 e. The van der Waals surface area contributed by atoms with Gasteiger partial charge >= 0.3 is 12.1 Å². The summed E-state index contributed by atoms with van der Waals surface area (Å²) in [5.41, 5.74) is 6.09. The molecule has 0 unspecified atom stereocenters. The molecule has 4 rings (SSSR count). The van der Waals surface area contributed by atoms with Gasteiger partial charge in [0.2, 0.25) is 0 Å². The minimum absolute atomic E-state index is 0.0858. The van der Waals surface area contributed by atoms with Crippen LogP contribution in [0.25, 0.3) is 11.1 Å². The number of carbonyl (C=O) groups excluding carboxylic acids is 1. The second-order valence-electron chi connectivity index (χ2n) is 7.65. The van der Waals surface area contributed by atoms with Crippen LogP contribution < -0.4 is 5.32 Å². The van der Waals surface area contributed by atoms with Crippen LogP contribution >= 0.6 is 11.6 Å². The molecule has 1 aliphatic carbocycles. The van der Waals surface area contributed by atoms with Crippen molar-refractivity contribution in [1.29, 1.82) is 0 Å². The fraction of sp³-hybridized carbons (Fsp3) is 0.200. The van der Waals surface area contributed by atoms with Crippen LogP contribution in [-0.2, 0) is 16.0 Å². The summed E-state index contributed by atoms with van der Waals surface area (Å²) in [5, 5.41) is 12.6. The van der Waals surface area contributed by atoms with Crippen LogP contribution in [0.15, 0.2) is 66.7 Å². The molecule has 1 aliphatic rings. The van der Waals surface area contributed by atoms with Gasteiger partial charge in [0.05, 0.1) is 0 Å². The standard InChI is InChI=1S/C25H22ClNO4/c1-15-10-11-16(12-22(15)26)13-23(24(28)29)27-25(30)31-14-21-19-8-4-2-6-17(19)18-7-3-5-9-20(18)21/h2-12,21,23H,13-14H2,1H3,(H,27,30)(H,28,29)/t23-/m0/s1. The number of benzene rings is 3. The Kier molecular flexibility index (Phi) is 5.96. The zero-order valence-corrected chi connectivity index (χ0v) is 17.7. The summed E-state index contributed by atoms with van der Waals surface area (Å²) in [7, 11) is 0. The number of amides is 1. The highest BCUT2D eigenvalue weighted by Gasteiger charge is 2.29. The molecule has 1 amide bonds. The second kappa shape index (κ2) is 8.82. The quantitative estimate of drug-likeness (QED) is 0.559. The number of alkyl carbamates (subject to hydrolysis) is 1. The summed E-state index contributed by atoms with van der Waals surface area (Å²) >= 11 is 6.13. The summed E-state index contributed by atoms with van der Waals surface area (Å²) in [6.07, 6.45) is -0.646. The molecule has 31 heavy (non-hydrogen) atoms. The summed E-state index contributed by atoms with van der Waals surface area (Å²) in [5.74, 6) is -1.22. The van der Waals surface area contributed by atoms with E-state index in [0.717, 1.165) is 33.4 Å². The maximum atomic E-state index is 12.4. The Hall–Kier alpha value is -3.31. The molecule has 0 bridgehead atoms. The second-order valence-corrected chi connectivity index (χ2v) is 8.06. The highest BCUT2D eigenvalue weighted by Crippen LogP contribution is 2.44. The van der Waals surface area contributed by atoms with E-state index in [1.54, 1.807) is 12.1 Å². The predicted molar refractivity (Wildman–Crippen MR) is 120 cm³/mol. The van der Waals surface area contributed by atoms with Crippen LogP contribution in [0.5, 0.6) is 0 Å². The summed E-state index contributed by atoms with van der Waals surface area (Å²) in [4.78, 5) is 24.1. The van der Waals surface area contributed by atoms with E-state index in [2.05, 4.69) is 17.4 Å². The zero-order chi connectivity index (χ0) is 22.0. The van der Waals surface area contributed by atoms with E-state index in [1.165, 1.54) is 0 Å². The number of fused-ring (bicyclic) bond motifs is 3. The van der Waals surface area contributed by atoms with E-state index in [0.29, 0.717) is 5.02 Å². The van der Waals surface area contributed by atoms with Gasteiger partial charge in [0.1, 0.15) is 12.6 Å². The monoisotopic (exact) mass is 435 g/mol. The topological polar surface area (TPSA) is 75.6 Å². The lowest BCUT2D eigenvalue weighted by molar-refractivity contribution is -0.139. The Morgan fingerprint density at radius 1 is 1.03 bits per heavy atom. The van der Waals surface area contributed by atoms with Gasteiger partial charge in [-0.1, -0.05) is 72.3 Å². The summed E-state index contributed by atoms with van der Waals surface area (Å²) < 4.78 is 5.46. The first kappa shape index (κ1) is 20.9. The average Bonchev–Trinajstić information content (AvgIpc) is 3.08. The number of ether oxygens (including phenoxy) is 1. The fourth-order valence-electron chi connectivity index (χ4n) is 3.98. The lowest BCUT2D eigenvalue weighted by Crippen LogP contribution is -2.42. The first-order valence-electron chi connectivity index (χ1n) is 10.0. The van der Waals surface area contributed by atoms with Crippen LogP contribution in [0.3, 0.4) is 0 Å². The van der Waals surface area contributed by atoms with Crippen molar-refractivity contribution in [3.8, 4) is 11.1 Å². The highest BCUT2D eigenvalue weighted by atomic mass is 35.5. The first-order chi connectivity index (χ1) is 14.9. The molecule has 2 N–H and O–H groups in total. The Labute approximate surface area is 185 Å². The van der Waals surface area contributed by atoms with Crippen molar-refractivity contribution in [2.75, 3.05) is 6.61 Å². The van der Waals surface area contributed by atoms with Gasteiger partial charge in [-0.2, -0.15) is 0 Å². The molecule has 3 aromatic carbocycles. The van der Waals surface area contributed by atoms with Gasteiger partial charge in [0.15, 0.2) is 0 Å². The predicted octanol–water partition coefficient (Wildman–Crippen LogP) is 5.18. The van der Waals surface area contributed by atoms with E-state index in [9.17, 15) is 14.7 Å². The third kappa shape index (κ3) is 4.42. The lowest BCUT2D eigenvalue weighted by Gasteiger charge is -2.18. The van der Waals surface area contributed by atoms with Crippen molar-refractivity contribution in [2.24, 2.45) is 0 Å². The van der Waals surface area contributed by atoms with Gasteiger partial charge in [0.25, 0.3) is 0 Å². The molecule has 0 aliphatic heterocycles. The fourth-order valence-corrected chi connectivity index (χ4v) is 4.18. The van der Waals surface area contributed by atoms with Gasteiger partial charge < -0.3 is 15.2 Å². The number of carboxylic acids is 1. The summed E-state index contributed by atoms with van der Waals surface area (Å²) in [6.45, 7) is 2.00. The van der Waals surface area contributed by atoms with Crippen LogP contribution in [-0.4, -0.2) is 29.8 Å². The smallest absolute Gasteiger partial charge is 0.407 e. The maximum absolute atomic E-state index is 12.4. The van der Waals surface area contributed by atoms with Crippen molar-refractivity contribution in [2.45, 2.75) is 25.3 Å². The molecule has 0 fully saturated rings. The van der Waals surface area contributed by atoms with Crippen LogP contribution in [0.1, 0.15) is 28.2 Å². The summed E-state index contributed by atoms with van der Waals surface area (Å²) in [6, 6.07) is 20.3. The van der Waals surface area contributed by atoms with Crippen molar-refractivity contribution in [3.05, 3.63) is 94.0 Å². The van der Waals surface area contributed by atoms with Crippen LogP contribution in [0.2, 0.25) is 5.02 Å². The van der Waals surface area contributed by atoms with E-state index < -0.39 is 18.1 Å².